The van der Waals surface area contributed by atoms with Crippen LogP contribution in [0.15, 0.2) is 0 Å². The van der Waals surface area contributed by atoms with E-state index in [9.17, 15) is 24.0 Å². The number of carbonyl (C=O) groups is 5. The molecule has 35 heavy (non-hydrogen) atoms. The Bertz CT molecular complexity index is 781. The molecule has 2 unspecified atom stereocenters. The van der Waals surface area contributed by atoms with E-state index >= 15 is 0 Å². The molecule has 11 nitrogen and oxygen atoms in total. The first-order valence-electron chi connectivity index (χ1n) is 12.0. The summed E-state index contributed by atoms with van der Waals surface area (Å²) in [6.45, 7) is 11.8. The lowest BCUT2D eigenvalue weighted by Crippen LogP contribution is -2.39. The van der Waals surface area contributed by atoms with Crippen LogP contribution in [0.2, 0.25) is 0 Å². The molecule has 2 atom stereocenters. The van der Waals surface area contributed by atoms with E-state index in [2.05, 4.69) is 10.6 Å². The predicted octanol–water partition coefficient (Wildman–Crippen LogP) is 1.24. The first kappa shape index (κ1) is 30.5. The van der Waals surface area contributed by atoms with Crippen LogP contribution in [0.1, 0.15) is 73.6 Å². The highest BCUT2D eigenvalue weighted by Gasteiger charge is 2.35. The van der Waals surface area contributed by atoms with Crippen molar-refractivity contribution in [3.63, 3.8) is 0 Å². The minimum absolute atomic E-state index is 0.0593. The summed E-state index contributed by atoms with van der Waals surface area (Å²) >= 11 is 0. The number of hydrogen-bond acceptors (Lipinski definition) is 7. The number of rotatable bonds is 16. The second kappa shape index (κ2) is 13.5. The summed E-state index contributed by atoms with van der Waals surface area (Å²) in [5.74, 6) is -2.45. The number of carboxylic acids is 1. The monoisotopic (exact) mass is 499 g/mol. The van der Waals surface area contributed by atoms with E-state index in [-0.39, 0.29) is 55.4 Å². The van der Waals surface area contributed by atoms with Crippen molar-refractivity contribution in [1.82, 2.24) is 15.5 Å². The summed E-state index contributed by atoms with van der Waals surface area (Å²) in [6.07, 6.45) is 1.44. The number of nitrogens with one attached hydrogen (secondary N) is 2. The van der Waals surface area contributed by atoms with E-state index in [1.807, 2.05) is 27.7 Å². The first-order chi connectivity index (χ1) is 16.1. The summed E-state index contributed by atoms with van der Waals surface area (Å²) in [5, 5.41) is 14.0. The summed E-state index contributed by atoms with van der Waals surface area (Å²) in [4.78, 5) is 59.5. The van der Waals surface area contributed by atoms with Crippen molar-refractivity contribution in [2.24, 2.45) is 5.92 Å². The number of hydrogen-bond donors (Lipinski definition) is 3. The van der Waals surface area contributed by atoms with Crippen LogP contribution in [0.5, 0.6) is 0 Å². The third kappa shape index (κ3) is 11.6. The van der Waals surface area contributed by atoms with Crippen LogP contribution in [0.25, 0.3) is 0 Å². The molecule has 0 aliphatic carbocycles. The average molecular weight is 500 g/mol. The maximum absolute atomic E-state index is 12.0. The highest BCUT2D eigenvalue weighted by Crippen LogP contribution is 2.21. The number of ether oxygens (including phenoxy) is 2. The van der Waals surface area contributed by atoms with Gasteiger partial charge in [-0.15, -0.1) is 0 Å². The summed E-state index contributed by atoms with van der Waals surface area (Å²) in [6, 6.07) is -0.934. The number of amides is 4. The Morgan fingerprint density at radius 2 is 1.63 bits per heavy atom. The fourth-order valence-electron chi connectivity index (χ4n) is 3.41. The first-order valence-corrected chi connectivity index (χ1v) is 12.0. The van der Waals surface area contributed by atoms with Crippen LogP contribution >= 0.6 is 0 Å². The Kier molecular flexibility index (Phi) is 11.8. The Labute approximate surface area is 207 Å². The van der Waals surface area contributed by atoms with E-state index < -0.39 is 23.2 Å². The van der Waals surface area contributed by atoms with Crippen LogP contribution in [0, 0.1) is 5.92 Å². The molecule has 0 spiro atoms. The SMILES string of the molecule is CC1CC(=O)N(CCC(=O)NCCOC(C)(C)CCOC(C)(C)CCC(=O)NC(C)C(=O)O)C1=O. The molecule has 11 heteroatoms. The molecule has 1 aliphatic heterocycles. The molecule has 1 rings (SSSR count). The van der Waals surface area contributed by atoms with Crippen LogP contribution in [-0.2, 0) is 33.4 Å². The van der Waals surface area contributed by atoms with Gasteiger partial charge in [0.1, 0.15) is 6.04 Å². The Hall–Kier alpha value is -2.53. The molecule has 200 valence electrons. The molecule has 0 bridgehead atoms. The van der Waals surface area contributed by atoms with E-state index in [0.717, 1.165) is 4.90 Å². The van der Waals surface area contributed by atoms with Gasteiger partial charge in [-0.25, -0.2) is 0 Å². The Morgan fingerprint density at radius 3 is 2.20 bits per heavy atom. The maximum Gasteiger partial charge on any atom is 0.325 e. The van der Waals surface area contributed by atoms with Crippen LogP contribution < -0.4 is 10.6 Å². The van der Waals surface area contributed by atoms with Crippen LogP contribution in [-0.4, -0.2) is 83.2 Å². The molecular formula is C24H41N3O8. The fourth-order valence-corrected chi connectivity index (χ4v) is 3.41. The van der Waals surface area contributed by atoms with Gasteiger partial charge in [0.2, 0.25) is 23.6 Å². The Balaban J connectivity index is 2.22. The molecular weight excluding hydrogens is 458 g/mol. The van der Waals surface area contributed by atoms with E-state index in [1.54, 1.807) is 6.92 Å². The van der Waals surface area contributed by atoms with Gasteiger partial charge in [0.05, 0.1) is 24.4 Å². The van der Waals surface area contributed by atoms with E-state index in [0.29, 0.717) is 32.6 Å². The highest BCUT2D eigenvalue weighted by molar-refractivity contribution is 6.03. The summed E-state index contributed by atoms with van der Waals surface area (Å²) in [7, 11) is 0. The average Bonchev–Trinajstić information content (AvgIpc) is 2.99. The molecule has 1 aliphatic rings. The molecule has 1 saturated heterocycles. The minimum atomic E-state index is -1.08. The molecule has 3 N–H and O–H groups in total. The lowest BCUT2D eigenvalue weighted by molar-refractivity contribution is -0.141. The zero-order valence-corrected chi connectivity index (χ0v) is 21.8. The normalized spacial score (nSPS) is 17.4. The lowest BCUT2D eigenvalue weighted by Gasteiger charge is -2.30. The number of nitrogens with zero attached hydrogens (tertiary/aromatic N) is 1. The van der Waals surface area contributed by atoms with Gasteiger partial charge >= 0.3 is 5.97 Å². The van der Waals surface area contributed by atoms with Crippen molar-refractivity contribution in [2.75, 3.05) is 26.3 Å². The molecule has 0 aromatic heterocycles. The van der Waals surface area contributed by atoms with Gasteiger partial charge in [-0.3, -0.25) is 28.9 Å². The molecule has 0 saturated carbocycles. The highest BCUT2D eigenvalue weighted by atomic mass is 16.5. The molecule has 0 aromatic carbocycles. The number of carbonyl (C=O) groups excluding carboxylic acids is 4. The molecule has 1 heterocycles. The van der Waals surface area contributed by atoms with Crippen molar-refractivity contribution in [3.05, 3.63) is 0 Å². The number of carboxylic acid groups (broad SMARTS) is 1. The van der Waals surface area contributed by atoms with Gasteiger partial charge in [-0.05, 0) is 47.5 Å². The standard InChI is InChI=1S/C24H41N3O8/c1-16-15-20(30)27(21(16)31)12-8-18(28)25-11-14-35-24(5,6)10-13-34-23(3,4)9-7-19(29)26-17(2)22(32)33/h16-17H,7-15H2,1-6H3,(H,25,28)(H,26,29)(H,32,33). The summed E-state index contributed by atoms with van der Waals surface area (Å²) < 4.78 is 11.8. The van der Waals surface area contributed by atoms with Gasteiger partial charge in [0, 0.05) is 38.3 Å². The van der Waals surface area contributed by atoms with Gasteiger partial charge in [0.15, 0.2) is 0 Å². The second-order valence-electron chi connectivity index (χ2n) is 10.2. The number of aliphatic carboxylic acids is 1. The van der Waals surface area contributed by atoms with Gasteiger partial charge in [-0.1, -0.05) is 6.92 Å². The number of imide groups is 1. The van der Waals surface area contributed by atoms with Crippen molar-refractivity contribution in [2.45, 2.75) is 90.9 Å². The maximum atomic E-state index is 12.0. The van der Waals surface area contributed by atoms with Crippen molar-refractivity contribution in [3.8, 4) is 0 Å². The number of likely N-dealkylation sites (tertiary alicyclic amines) is 1. The van der Waals surface area contributed by atoms with Crippen molar-refractivity contribution >= 4 is 29.6 Å². The Morgan fingerprint density at radius 1 is 1.03 bits per heavy atom. The second-order valence-corrected chi connectivity index (χ2v) is 10.2. The molecule has 0 radical (unpaired) electrons. The molecule has 0 aromatic rings. The predicted molar refractivity (Wildman–Crippen MR) is 127 cm³/mol. The van der Waals surface area contributed by atoms with E-state index in [4.69, 9.17) is 14.6 Å². The lowest BCUT2D eigenvalue weighted by atomic mass is 10.0. The third-order valence-electron chi connectivity index (χ3n) is 5.85. The van der Waals surface area contributed by atoms with Gasteiger partial charge in [-0.2, -0.15) is 0 Å². The minimum Gasteiger partial charge on any atom is -0.480 e. The topological polar surface area (TPSA) is 151 Å². The smallest absolute Gasteiger partial charge is 0.325 e. The zero-order valence-electron chi connectivity index (χ0n) is 21.8. The van der Waals surface area contributed by atoms with Gasteiger partial charge < -0.3 is 25.2 Å². The zero-order chi connectivity index (χ0) is 26.8. The largest absolute Gasteiger partial charge is 0.480 e. The fraction of sp³-hybridized carbons (Fsp3) is 0.792. The summed E-state index contributed by atoms with van der Waals surface area (Å²) in [5.41, 5.74) is -1.07. The van der Waals surface area contributed by atoms with Crippen LogP contribution in [0.3, 0.4) is 0 Å². The molecule has 1 fully saturated rings. The van der Waals surface area contributed by atoms with Crippen molar-refractivity contribution in [1.29, 1.82) is 0 Å². The van der Waals surface area contributed by atoms with Crippen molar-refractivity contribution < 1.29 is 38.6 Å². The quantitative estimate of drug-likeness (QED) is 0.212. The molecule has 4 amide bonds. The third-order valence-corrected chi connectivity index (χ3v) is 5.85. The van der Waals surface area contributed by atoms with E-state index in [1.165, 1.54) is 6.92 Å². The van der Waals surface area contributed by atoms with Crippen LogP contribution in [0.4, 0.5) is 0 Å². The van der Waals surface area contributed by atoms with Gasteiger partial charge in [0.25, 0.3) is 0 Å².